The lowest BCUT2D eigenvalue weighted by atomic mass is 9.91. The molecule has 1 saturated carbocycles. The van der Waals surface area contributed by atoms with Gasteiger partial charge in [0.25, 0.3) is 5.91 Å². The summed E-state index contributed by atoms with van der Waals surface area (Å²) in [4.78, 5) is 24.0. The highest BCUT2D eigenvalue weighted by molar-refractivity contribution is 5.77. The number of hydrogen-bond acceptors (Lipinski definition) is 6. The Morgan fingerprint density at radius 3 is 1.97 bits per heavy atom. The van der Waals surface area contributed by atoms with Gasteiger partial charge in [0.1, 0.15) is 18.1 Å². The fourth-order valence-electron chi connectivity index (χ4n) is 3.92. The van der Waals surface area contributed by atoms with E-state index in [1.807, 2.05) is 0 Å². The average Bonchev–Trinajstić information content (AvgIpc) is 2.85. The average molecular weight is 470 g/mol. The van der Waals surface area contributed by atoms with Crippen LogP contribution in [0.25, 0.3) is 0 Å². The number of carbonyl (C=O) groups excluding carboxylic acids is 2. The fraction of sp³-hybridized carbons (Fsp3) is 0.481. The Balaban J connectivity index is 1.30. The van der Waals surface area contributed by atoms with Crippen LogP contribution in [0.4, 0.5) is 0 Å². The van der Waals surface area contributed by atoms with Crippen molar-refractivity contribution in [2.75, 3.05) is 19.8 Å². The van der Waals surface area contributed by atoms with Crippen LogP contribution in [-0.4, -0.2) is 36.7 Å². The Bertz CT molecular complexity index is 873. The van der Waals surface area contributed by atoms with Gasteiger partial charge >= 0.3 is 5.97 Å². The number of amides is 1. The minimum Gasteiger partial charge on any atom is -0.484 e. The maximum Gasteiger partial charge on any atom is 0.344 e. The first-order valence-electron chi connectivity index (χ1n) is 12.1. The van der Waals surface area contributed by atoms with Crippen molar-refractivity contribution >= 4 is 11.9 Å². The van der Waals surface area contributed by atoms with E-state index in [1.54, 1.807) is 48.5 Å². The number of ether oxygens (including phenoxy) is 3. The summed E-state index contributed by atoms with van der Waals surface area (Å²) < 4.78 is 16.2. The maximum absolute atomic E-state index is 12.1. The molecule has 7 heteroatoms. The van der Waals surface area contributed by atoms with E-state index >= 15 is 0 Å². The molecular weight excluding hydrogens is 434 g/mol. The van der Waals surface area contributed by atoms with E-state index in [0.717, 1.165) is 17.7 Å². The normalized spacial score (nSPS) is 14.5. The highest BCUT2D eigenvalue weighted by Crippen LogP contribution is 2.21. The Morgan fingerprint density at radius 1 is 0.794 bits per heavy atom. The van der Waals surface area contributed by atoms with Crippen molar-refractivity contribution in [3.63, 3.8) is 0 Å². The molecule has 7 nitrogen and oxygen atoms in total. The summed E-state index contributed by atoms with van der Waals surface area (Å²) in [5.41, 5.74) is 1.58. The summed E-state index contributed by atoms with van der Waals surface area (Å²) in [6.45, 7) is 0.588. The number of hydrogen-bond donors (Lipinski definition) is 2. The maximum atomic E-state index is 12.1. The van der Waals surface area contributed by atoms with Crippen LogP contribution in [0.5, 0.6) is 11.5 Å². The zero-order valence-corrected chi connectivity index (χ0v) is 19.7. The Hall–Kier alpha value is -3.06. The first kappa shape index (κ1) is 25.6. The summed E-state index contributed by atoms with van der Waals surface area (Å²) in [5, 5.41) is 12.0. The molecule has 2 N–H and O–H groups in total. The molecule has 2 aromatic rings. The van der Waals surface area contributed by atoms with Crippen LogP contribution in [0.15, 0.2) is 48.5 Å². The molecule has 0 heterocycles. The van der Waals surface area contributed by atoms with Crippen LogP contribution in [0.2, 0.25) is 0 Å². The van der Waals surface area contributed by atoms with Gasteiger partial charge in [-0.25, -0.2) is 4.79 Å². The first-order valence-corrected chi connectivity index (χ1v) is 12.1. The minimum absolute atomic E-state index is 0.0162. The lowest BCUT2D eigenvalue weighted by molar-refractivity contribution is -0.147. The van der Waals surface area contributed by atoms with E-state index < -0.39 is 5.97 Å². The van der Waals surface area contributed by atoms with Crippen molar-refractivity contribution in [2.24, 2.45) is 5.92 Å². The van der Waals surface area contributed by atoms with E-state index in [1.165, 1.54) is 44.9 Å². The number of carbonyl (C=O) groups is 2. The molecule has 2 aromatic carbocycles. The lowest BCUT2D eigenvalue weighted by Gasteiger charge is -2.20. The molecule has 0 spiro atoms. The minimum atomic E-state index is -0.479. The smallest absolute Gasteiger partial charge is 0.344 e. The van der Waals surface area contributed by atoms with Gasteiger partial charge in [-0.15, -0.1) is 0 Å². The molecule has 3 rings (SSSR count). The van der Waals surface area contributed by atoms with Crippen molar-refractivity contribution in [1.82, 2.24) is 5.32 Å². The van der Waals surface area contributed by atoms with Gasteiger partial charge in [0.15, 0.2) is 13.2 Å². The summed E-state index contributed by atoms with van der Waals surface area (Å²) in [6, 6.07) is 13.9. The highest BCUT2D eigenvalue weighted by atomic mass is 16.6. The molecule has 1 fully saturated rings. The van der Waals surface area contributed by atoms with Gasteiger partial charge in [0, 0.05) is 6.54 Å². The third kappa shape index (κ3) is 9.43. The van der Waals surface area contributed by atoms with Crippen LogP contribution in [0.3, 0.4) is 0 Å². The number of rotatable bonds is 11. The summed E-state index contributed by atoms with van der Waals surface area (Å²) in [6.07, 6.45) is 8.84. The van der Waals surface area contributed by atoms with Crippen molar-refractivity contribution in [3.8, 4) is 11.5 Å². The first-order chi connectivity index (χ1) is 16.6. The van der Waals surface area contributed by atoms with Gasteiger partial charge in [-0.3, -0.25) is 4.79 Å². The quantitative estimate of drug-likeness (QED) is 0.480. The second-order valence-electron chi connectivity index (χ2n) is 8.70. The van der Waals surface area contributed by atoms with Crippen LogP contribution in [0.1, 0.15) is 56.1 Å². The van der Waals surface area contributed by atoms with Crippen LogP contribution in [0, 0.1) is 5.92 Å². The fourth-order valence-corrected chi connectivity index (χ4v) is 3.92. The van der Waals surface area contributed by atoms with Crippen molar-refractivity contribution in [2.45, 2.75) is 58.2 Å². The summed E-state index contributed by atoms with van der Waals surface area (Å²) in [5.74, 6) is 1.11. The van der Waals surface area contributed by atoms with Gasteiger partial charge in [-0.1, -0.05) is 56.4 Å². The highest BCUT2D eigenvalue weighted by Gasteiger charge is 2.13. The predicted molar refractivity (Wildman–Crippen MR) is 128 cm³/mol. The molecule has 34 heavy (non-hydrogen) atoms. The SMILES string of the molecule is O=C(COc1ccc(COC(=O)COc2ccc(CO)cc2)cc1)NCC1CCCCCCC1. The third-order valence-electron chi connectivity index (χ3n) is 5.97. The summed E-state index contributed by atoms with van der Waals surface area (Å²) in [7, 11) is 0. The molecule has 0 radical (unpaired) electrons. The Kier molecular flexibility index (Phi) is 10.7. The largest absolute Gasteiger partial charge is 0.484 e. The zero-order chi connectivity index (χ0) is 24.0. The molecule has 184 valence electrons. The van der Waals surface area contributed by atoms with Crippen molar-refractivity contribution < 1.29 is 28.9 Å². The topological polar surface area (TPSA) is 94.1 Å². The molecule has 0 aromatic heterocycles. The van der Waals surface area contributed by atoms with Crippen molar-refractivity contribution in [3.05, 3.63) is 59.7 Å². The second-order valence-corrected chi connectivity index (χ2v) is 8.70. The molecule has 1 amide bonds. The molecule has 1 aliphatic rings. The Morgan fingerprint density at radius 2 is 1.35 bits per heavy atom. The second kappa shape index (κ2) is 14.3. The monoisotopic (exact) mass is 469 g/mol. The number of aliphatic hydroxyl groups excluding tert-OH is 1. The number of nitrogens with one attached hydrogen (secondary N) is 1. The predicted octanol–water partition coefficient (Wildman–Crippen LogP) is 4.16. The molecule has 0 saturated heterocycles. The van der Waals surface area contributed by atoms with Gasteiger partial charge in [-0.2, -0.15) is 0 Å². The number of aliphatic hydroxyl groups is 1. The molecule has 0 aliphatic heterocycles. The molecule has 0 atom stereocenters. The summed E-state index contributed by atoms with van der Waals surface area (Å²) >= 11 is 0. The van der Waals surface area contributed by atoms with E-state index in [4.69, 9.17) is 19.3 Å². The van der Waals surface area contributed by atoms with Crippen molar-refractivity contribution in [1.29, 1.82) is 0 Å². The molecular formula is C27H35NO6. The van der Waals surface area contributed by atoms with E-state index in [-0.39, 0.29) is 32.3 Å². The van der Waals surface area contributed by atoms with Crippen LogP contribution < -0.4 is 14.8 Å². The molecule has 0 unspecified atom stereocenters. The zero-order valence-electron chi connectivity index (χ0n) is 19.7. The van der Waals surface area contributed by atoms with E-state index in [0.29, 0.717) is 17.4 Å². The number of esters is 1. The molecule has 0 bridgehead atoms. The van der Waals surface area contributed by atoms with Gasteiger partial charge in [0.2, 0.25) is 0 Å². The third-order valence-corrected chi connectivity index (χ3v) is 5.97. The van der Waals surface area contributed by atoms with Gasteiger partial charge in [-0.05, 0) is 54.2 Å². The van der Waals surface area contributed by atoms with E-state index in [9.17, 15) is 9.59 Å². The van der Waals surface area contributed by atoms with Crippen LogP contribution in [-0.2, 0) is 27.5 Å². The lowest BCUT2D eigenvalue weighted by Crippen LogP contribution is -2.33. The molecule has 1 aliphatic carbocycles. The van der Waals surface area contributed by atoms with Gasteiger partial charge < -0.3 is 24.6 Å². The standard InChI is InChI=1S/C27H35NO6/c29-17-22-8-12-25(13-9-22)33-20-27(31)34-18-23-10-14-24(15-11-23)32-19-26(30)28-16-21-6-4-2-1-3-5-7-21/h8-15,21,29H,1-7,16-20H2,(H,28,30). The Labute approximate surface area is 201 Å². The number of benzene rings is 2. The van der Waals surface area contributed by atoms with E-state index in [2.05, 4.69) is 5.32 Å². The van der Waals surface area contributed by atoms with Gasteiger partial charge in [0.05, 0.1) is 6.61 Å². The van der Waals surface area contributed by atoms with Crippen LogP contribution >= 0.6 is 0 Å².